The Labute approximate surface area is 180 Å². The lowest BCUT2D eigenvalue weighted by Crippen LogP contribution is -2.45. The highest BCUT2D eigenvalue weighted by Crippen LogP contribution is 2.22. The zero-order valence-corrected chi connectivity index (χ0v) is 18.5. The second kappa shape index (κ2) is 10.8. The fourth-order valence-electron chi connectivity index (χ4n) is 3.90. The van der Waals surface area contributed by atoms with Crippen molar-refractivity contribution in [3.63, 3.8) is 0 Å². The zero-order valence-electron chi connectivity index (χ0n) is 18.5. The van der Waals surface area contributed by atoms with Crippen LogP contribution < -0.4 is 5.32 Å². The molecule has 0 aliphatic carbocycles. The summed E-state index contributed by atoms with van der Waals surface area (Å²) in [4.78, 5) is 20.9. The van der Waals surface area contributed by atoms with Crippen LogP contribution in [0.4, 0.5) is 0 Å². The van der Waals surface area contributed by atoms with Gasteiger partial charge in [-0.1, -0.05) is 42.5 Å². The van der Waals surface area contributed by atoms with Crippen LogP contribution >= 0.6 is 0 Å². The van der Waals surface area contributed by atoms with E-state index in [2.05, 4.69) is 47.5 Å². The summed E-state index contributed by atoms with van der Waals surface area (Å²) in [6.45, 7) is 5.67. The molecule has 5 heteroatoms. The molecule has 0 spiro atoms. The van der Waals surface area contributed by atoms with Crippen LogP contribution in [0.15, 0.2) is 59.6 Å². The molecule has 1 saturated heterocycles. The summed E-state index contributed by atoms with van der Waals surface area (Å²) < 4.78 is 0. The predicted octanol–water partition coefficient (Wildman–Crippen LogP) is 3.81. The van der Waals surface area contributed by atoms with Crippen LogP contribution in [0.3, 0.4) is 0 Å². The van der Waals surface area contributed by atoms with E-state index in [9.17, 15) is 4.79 Å². The molecule has 1 amide bonds. The number of likely N-dealkylation sites (tertiary alicyclic amines) is 1. The molecule has 1 aliphatic rings. The van der Waals surface area contributed by atoms with E-state index in [0.29, 0.717) is 12.1 Å². The van der Waals surface area contributed by atoms with Crippen molar-refractivity contribution in [3.8, 4) is 0 Å². The lowest BCUT2D eigenvalue weighted by molar-refractivity contribution is 0.0827. The number of aliphatic imine (C=N–C) groups is 1. The second-order valence-electron chi connectivity index (χ2n) is 8.19. The van der Waals surface area contributed by atoms with Crippen molar-refractivity contribution < 1.29 is 4.79 Å². The molecule has 160 valence electrons. The summed E-state index contributed by atoms with van der Waals surface area (Å²) in [5.74, 6) is 1.76. The van der Waals surface area contributed by atoms with Crippen molar-refractivity contribution in [2.75, 3.05) is 33.7 Å². The molecular weight excluding hydrogens is 372 g/mol. The highest BCUT2D eigenvalue weighted by molar-refractivity contribution is 5.93. The van der Waals surface area contributed by atoms with Crippen molar-refractivity contribution >= 4 is 11.9 Å². The van der Waals surface area contributed by atoms with Gasteiger partial charge in [0.15, 0.2) is 5.96 Å². The van der Waals surface area contributed by atoms with Gasteiger partial charge in [0, 0.05) is 39.3 Å². The minimum atomic E-state index is 0.0248. The van der Waals surface area contributed by atoms with Gasteiger partial charge in [0.1, 0.15) is 0 Å². The first-order valence-electron chi connectivity index (χ1n) is 10.9. The maximum atomic E-state index is 12.0. The molecule has 0 radical (unpaired) electrons. The van der Waals surface area contributed by atoms with E-state index in [1.807, 2.05) is 24.3 Å². The number of hydrogen-bond donors (Lipinski definition) is 1. The molecule has 5 nitrogen and oxygen atoms in total. The van der Waals surface area contributed by atoms with Crippen LogP contribution in [0.2, 0.25) is 0 Å². The molecule has 0 aromatic heterocycles. The van der Waals surface area contributed by atoms with Gasteiger partial charge in [-0.3, -0.25) is 4.79 Å². The van der Waals surface area contributed by atoms with Gasteiger partial charge in [0.2, 0.25) is 0 Å². The normalized spacial score (nSPS) is 15.2. The van der Waals surface area contributed by atoms with E-state index in [0.717, 1.165) is 37.1 Å². The number of benzene rings is 2. The quantitative estimate of drug-likeness (QED) is 0.586. The van der Waals surface area contributed by atoms with Gasteiger partial charge in [0.05, 0.1) is 6.54 Å². The Morgan fingerprint density at radius 2 is 1.70 bits per heavy atom. The molecule has 0 unspecified atom stereocenters. The van der Waals surface area contributed by atoms with Crippen LogP contribution in [-0.4, -0.2) is 55.4 Å². The van der Waals surface area contributed by atoms with Gasteiger partial charge in [0.25, 0.3) is 5.91 Å². The monoisotopic (exact) mass is 406 g/mol. The predicted molar refractivity (Wildman–Crippen MR) is 124 cm³/mol. The van der Waals surface area contributed by atoms with Crippen molar-refractivity contribution in [1.29, 1.82) is 0 Å². The van der Waals surface area contributed by atoms with Crippen LogP contribution in [0.5, 0.6) is 0 Å². The number of piperidine rings is 1. The maximum Gasteiger partial charge on any atom is 0.253 e. The molecule has 2 aromatic rings. The molecule has 30 heavy (non-hydrogen) atoms. The number of guanidine groups is 1. The molecule has 1 fully saturated rings. The minimum absolute atomic E-state index is 0.0248. The van der Waals surface area contributed by atoms with E-state index in [1.54, 1.807) is 19.0 Å². The third-order valence-corrected chi connectivity index (χ3v) is 5.63. The molecule has 1 aliphatic heterocycles. The topological polar surface area (TPSA) is 47.9 Å². The Balaban J connectivity index is 1.56. The standard InChI is InChI=1S/C25H34N4O/c1-4-26-25(27-19-22-10-12-23(13-11-22)24(30)28(2)3)29-16-14-21(15-17-29)18-20-8-6-5-7-9-20/h5-13,21H,4,14-19H2,1-3H3,(H,26,27). The Morgan fingerprint density at radius 3 is 2.30 bits per heavy atom. The number of rotatable bonds is 6. The number of nitrogens with zero attached hydrogens (tertiary/aromatic N) is 3. The van der Waals surface area contributed by atoms with E-state index < -0.39 is 0 Å². The van der Waals surface area contributed by atoms with Crippen LogP contribution in [0.25, 0.3) is 0 Å². The van der Waals surface area contributed by atoms with Gasteiger partial charge in [-0.25, -0.2) is 4.99 Å². The fraction of sp³-hybridized carbons (Fsp3) is 0.440. The lowest BCUT2D eigenvalue weighted by Gasteiger charge is -2.34. The van der Waals surface area contributed by atoms with Gasteiger partial charge in [-0.15, -0.1) is 0 Å². The van der Waals surface area contributed by atoms with Crippen molar-refractivity contribution in [1.82, 2.24) is 15.1 Å². The fourth-order valence-corrected chi connectivity index (χ4v) is 3.90. The first-order chi connectivity index (χ1) is 14.6. The zero-order chi connectivity index (χ0) is 21.3. The smallest absolute Gasteiger partial charge is 0.253 e. The van der Waals surface area contributed by atoms with Crippen LogP contribution in [0.1, 0.15) is 41.3 Å². The summed E-state index contributed by atoms with van der Waals surface area (Å²) in [6, 6.07) is 18.6. The molecule has 1 N–H and O–H groups in total. The van der Waals surface area contributed by atoms with Crippen LogP contribution in [-0.2, 0) is 13.0 Å². The van der Waals surface area contributed by atoms with E-state index in [1.165, 1.54) is 24.8 Å². The molecule has 0 bridgehead atoms. The molecule has 0 saturated carbocycles. The Bertz CT molecular complexity index is 822. The van der Waals surface area contributed by atoms with E-state index in [4.69, 9.17) is 4.99 Å². The first-order valence-corrected chi connectivity index (χ1v) is 10.9. The molecule has 3 rings (SSSR count). The molecule has 1 heterocycles. The minimum Gasteiger partial charge on any atom is -0.357 e. The molecular formula is C25H34N4O. The maximum absolute atomic E-state index is 12.0. The van der Waals surface area contributed by atoms with E-state index in [-0.39, 0.29) is 5.91 Å². The van der Waals surface area contributed by atoms with Crippen LogP contribution in [0, 0.1) is 5.92 Å². The number of carbonyl (C=O) groups excluding carboxylic acids is 1. The van der Waals surface area contributed by atoms with E-state index >= 15 is 0 Å². The van der Waals surface area contributed by atoms with Gasteiger partial charge in [-0.05, 0) is 55.4 Å². The Hall–Kier alpha value is -2.82. The number of amides is 1. The number of nitrogens with one attached hydrogen (secondary N) is 1. The van der Waals surface area contributed by atoms with Crippen molar-refractivity contribution in [2.24, 2.45) is 10.9 Å². The largest absolute Gasteiger partial charge is 0.357 e. The highest BCUT2D eigenvalue weighted by atomic mass is 16.2. The average Bonchev–Trinajstić information content (AvgIpc) is 2.78. The van der Waals surface area contributed by atoms with Crippen molar-refractivity contribution in [3.05, 3.63) is 71.3 Å². The number of hydrogen-bond acceptors (Lipinski definition) is 2. The summed E-state index contributed by atoms with van der Waals surface area (Å²) >= 11 is 0. The second-order valence-corrected chi connectivity index (χ2v) is 8.19. The first kappa shape index (κ1) is 21.9. The molecule has 0 atom stereocenters. The van der Waals surface area contributed by atoms with Gasteiger partial charge in [-0.2, -0.15) is 0 Å². The lowest BCUT2D eigenvalue weighted by atomic mass is 9.90. The SMILES string of the molecule is CCNC(=NCc1ccc(C(=O)N(C)C)cc1)N1CCC(Cc2ccccc2)CC1. The summed E-state index contributed by atoms with van der Waals surface area (Å²) in [6.07, 6.45) is 3.56. The third kappa shape index (κ3) is 6.09. The Morgan fingerprint density at radius 1 is 1.03 bits per heavy atom. The summed E-state index contributed by atoms with van der Waals surface area (Å²) in [5.41, 5.74) is 3.26. The van der Waals surface area contributed by atoms with Gasteiger partial charge >= 0.3 is 0 Å². The molecule has 2 aromatic carbocycles. The summed E-state index contributed by atoms with van der Waals surface area (Å²) in [5, 5.41) is 3.45. The Kier molecular flexibility index (Phi) is 7.89. The van der Waals surface area contributed by atoms with Crippen molar-refractivity contribution in [2.45, 2.75) is 32.7 Å². The third-order valence-electron chi connectivity index (χ3n) is 5.63. The number of carbonyl (C=O) groups is 1. The highest BCUT2D eigenvalue weighted by Gasteiger charge is 2.21. The summed E-state index contributed by atoms with van der Waals surface area (Å²) in [7, 11) is 3.54. The van der Waals surface area contributed by atoms with Gasteiger partial charge < -0.3 is 15.1 Å². The average molecular weight is 407 g/mol.